The Labute approximate surface area is 186 Å². The van der Waals surface area contributed by atoms with Gasteiger partial charge in [0.25, 0.3) is 0 Å². The van der Waals surface area contributed by atoms with Crippen LogP contribution < -0.4 is 11.1 Å². The zero-order valence-electron chi connectivity index (χ0n) is 18.6. The number of nitrogens with two attached hydrogens (primary N) is 1. The lowest BCUT2D eigenvalue weighted by atomic mass is 9.95. The second kappa shape index (κ2) is 9.64. The molecule has 0 aliphatic heterocycles. The number of ether oxygens (including phenoxy) is 1. The Morgan fingerprint density at radius 3 is 2.59 bits per heavy atom. The number of aliphatic imine (C=N–C) groups is 1. The summed E-state index contributed by atoms with van der Waals surface area (Å²) in [7, 11) is 0. The molecular weight excluding hydrogens is 411 g/mol. The van der Waals surface area contributed by atoms with E-state index < -0.39 is 11.7 Å². The molecule has 3 rings (SSSR count). The van der Waals surface area contributed by atoms with Crippen LogP contribution in [0.3, 0.4) is 0 Å². The molecule has 0 radical (unpaired) electrons. The highest BCUT2D eigenvalue weighted by atomic mass is 19.1. The highest BCUT2D eigenvalue weighted by Gasteiger charge is 2.18. The van der Waals surface area contributed by atoms with E-state index in [-0.39, 0.29) is 24.2 Å². The fraction of sp³-hybridized carbons (Fsp3) is 0.292. The van der Waals surface area contributed by atoms with Gasteiger partial charge in [-0.15, -0.1) is 0 Å². The Hall–Kier alpha value is -3.68. The molecule has 0 bridgehead atoms. The summed E-state index contributed by atoms with van der Waals surface area (Å²) >= 11 is 0. The normalized spacial score (nSPS) is 13.0. The van der Waals surface area contributed by atoms with Crippen LogP contribution in [0.25, 0.3) is 11.1 Å². The number of nitrogens with one attached hydrogen (secondary N) is 1. The van der Waals surface area contributed by atoms with Crippen molar-refractivity contribution in [2.75, 3.05) is 0 Å². The molecule has 1 amide bonds. The highest BCUT2D eigenvalue weighted by molar-refractivity contribution is 5.92. The summed E-state index contributed by atoms with van der Waals surface area (Å²) in [6.07, 6.45) is -0.686. The first-order chi connectivity index (χ1) is 15.1. The van der Waals surface area contributed by atoms with Gasteiger partial charge >= 0.3 is 6.09 Å². The summed E-state index contributed by atoms with van der Waals surface area (Å²) in [4.78, 5) is 15.8. The second-order valence-corrected chi connectivity index (χ2v) is 8.38. The van der Waals surface area contributed by atoms with Crippen molar-refractivity contribution in [3.63, 3.8) is 0 Å². The average molecular weight is 439 g/mol. The Bertz CT molecular complexity index is 1100. The predicted octanol–water partition coefficient (Wildman–Crippen LogP) is 4.97. The van der Waals surface area contributed by atoms with Crippen LogP contribution in [0.15, 0.2) is 64.1 Å². The fourth-order valence-electron chi connectivity index (χ4n) is 3.04. The second-order valence-electron chi connectivity index (χ2n) is 8.38. The number of alkyl carbamates (subject to hydrolysis) is 1. The monoisotopic (exact) mass is 438 g/mol. The smallest absolute Gasteiger partial charge is 0.414 e. The summed E-state index contributed by atoms with van der Waals surface area (Å²) in [6.45, 7) is 7.26. The van der Waals surface area contributed by atoms with Crippen molar-refractivity contribution in [1.29, 1.82) is 0 Å². The number of halogens is 1. The molecule has 3 aromatic rings. The van der Waals surface area contributed by atoms with Crippen LogP contribution in [-0.2, 0) is 11.3 Å². The van der Waals surface area contributed by atoms with E-state index in [1.54, 1.807) is 32.9 Å². The van der Waals surface area contributed by atoms with Crippen molar-refractivity contribution in [2.45, 2.75) is 45.8 Å². The van der Waals surface area contributed by atoms with Crippen molar-refractivity contribution in [2.24, 2.45) is 10.7 Å². The van der Waals surface area contributed by atoms with E-state index in [1.807, 2.05) is 43.3 Å². The number of hydrogen-bond donors (Lipinski definition) is 2. The summed E-state index contributed by atoms with van der Waals surface area (Å²) in [5, 5.41) is 6.34. The molecule has 0 spiro atoms. The molecule has 1 heterocycles. The molecule has 168 valence electrons. The number of hydrogen-bond acceptors (Lipinski definition) is 5. The lowest BCUT2D eigenvalue weighted by molar-refractivity contribution is 0.0562. The molecule has 0 aliphatic rings. The average Bonchev–Trinajstić information content (AvgIpc) is 3.20. The van der Waals surface area contributed by atoms with Gasteiger partial charge in [-0.05, 0) is 38.0 Å². The number of amides is 1. The quantitative estimate of drug-likeness (QED) is 0.432. The zero-order valence-corrected chi connectivity index (χ0v) is 18.6. The number of nitrogens with zero attached hydrogens (tertiary/aromatic N) is 2. The minimum atomic E-state index is -0.686. The van der Waals surface area contributed by atoms with Gasteiger partial charge in [0.15, 0.2) is 5.96 Å². The van der Waals surface area contributed by atoms with Gasteiger partial charge in [-0.2, -0.15) is 0 Å². The zero-order chi connectivity index (χ0) is 23.3. The third kappa shape index (κ3) is 6.16. The Kier molecular flexibility index (Phi) is 6.92. The maximum absolute atomic E-state index is 14.7. The van der Waals surface area contributed by atoms with Gasteiger partial charge in [-0.25, -0.2) is 14.2 Å². The molecule has 7 nitrogen and oxygen atoms in total. The van der Waals surface area contributed by atoms with Crippen LogP contribution in [-0.4, -0.2) is 22.8 Å². The van der Waals surface area contributed by atoms with E-state index in [0.717, 1.165) is 11.1 Å². The van der Waals surface area contributed by atoms with Crippen molar-refractivity contribution in [3.05, 3.63) is 77.4 Å². The maximum Gasteiger partial charge on any atom is 0.414 e. The first kappa shape index (κ1) is 23.0. The summed E-state index contributed by atoms with van der Waals surface area (Å²) in [5.74, 6) is -0.0289. The first-order valence-corrected chi connectivity index (χ1v) is 10.2. The van der Waals surface area contributed by atoms with Crippen molar-refractivity contribution in [3.8, 4) is 11.1 Å². The Morgan fingerprint density at radius 2 is 1.94 bits per heavy atom. The summed E-state index contributed by atoms with van der Waals surface area (Å²) < 4.78 is 25.2. The number of benzene rings is 2. The molecular formula is C24H27FN4O3. The van der Waals surface area contributed by atoms with Gasteiger partial charge in [-0.3, -0.25) is 5.32 Å². The van der Waals surface area contributed by atoms with Crippen LogP contribution in [0, 0.1) is 5.82 Å². The van der Waals surface area contributed by atoms with Gasteiger partial charge in [-0.1, -0.05) is 54.5 Å². The molecule has 8 heteroatoms. The van der Waals surface area contributed by atoms with Crippen LogP contribution in [0.4, 0.5) is 9.18 Å². The number of guanidine groups is 1. The molecule has 1 unspecified atom stereocenters. The molecule has 2 aromatic carbocycles. The van der Waals surface area contributed by atoms with Crippen LogP contribution in [0.1, 0.15) is 50.6 Å². The van der Waals surface area contributed by atoms with Crippen LogP contribution in [0.5, 0.6) is 0 Å². The molecule has 32 heavy (non-hydrogen) atoms. The van der Waals surface area contributed by atoms with E-state index in [2.05, 4.69) is 15.5 Å². The molecule has 3 N–H and O–H groups in total. The largest absolute Gasteiger partial charge is 0.444 e. The molecule has 1 aromatic heterocycles. The van der Waals surface area contributed by atoms with Gasteiger partial charge in [0.2, 0.25) is 0 Å². The number of carbonyl (C=O) groups excluding carboxylic acids is 1. The SMILES string of the molecule is CC(c1ccc(-c2ccccc2)c(F)c1)c1cc(CN=C(N)NC(=O)OC(C)(C)C)no1. The van der Waals surface area contributed by atoms with Crippen molar-refractivity contribution in [1.82, 2.24) is 10.5 Å². The number of carbonyl (C=O) groups is 1. The molecule has 1 atom stereocenters. The first-order valence-electron chi connectivity index (χ1n) is 10.2. The van der Waals surface area contributed by atoms with E-state index in [1.165, 1.54) is 6.07 Å². The van der Waals surface area contributed by atoms with E-state index in [0.29, 0.717) is 17.0 Å². The predicted molar refractivity (Wildman–Crippen MR) is 121 cm³/mol. The standard InChI is InChI=1S/C24H27FN4O3/c1-15(17-10-11-19(20(25)12-17)16-8-6-5-7-9-16)21-13-18(29-32-21)14-27-22(26)28-23(30)31-24(2,3)4/h5-13,15H,14H2,1-4H3,(H3,26,27,28,30). The number of rotatable bonds is 5. The third-order valence-corrected chi connectivity index (χ3v) is 4.62. The van der Waals surface area contributed by atoms with Crippen molar-refractivity contribution >= 4 is 12.1 Å². The number of aromatic nitrogens is 1. The topological polar surface area (TPSA) is 103 Å². The maximum atomic E-state index is 14.7. The van der Waals surface area contributed by atoms with Gasteiger partial charge in [0.05, 0.1) is 6.54 Å². The summed E-state index contributed by atoms with van der Waals surface area (Å²) in [6, 6.07) is 16.3. The minimum Gasteiger partial charge on any atom is -0.444 e. The van der Waals surface area contributed by atoms with E-state index >= 15 is 0 Å². The van der Waals surface area contributed by atoms with Crippen LogP contribution in [0.2, 0.25) is 0 Å². The molecule has 0 fully saturated rings. The molecule has 0 saturated heterocycles. The highest BCUT2D eigenvalue weighted by Crippen LogP contribution is 2.29. The lowest BCUT2D eigenvalue weighted by Crippen LogP contribution is -2.40. The molecule has 0 saturated carbocycles. The lowest BCUT2D eigenvalue weighted by Gasteiger charge is -2.19. The Morgan fingerprint density at radius 1 is 1.22 bits per heavy atom. The van der Waals surface area contributed by atoms with Gasteiger partial charge in [0, 0.05) is 17.5 Å². The summed E-state index contributed by atoms with van der Waals surface area (Å²) in [5.41, 5.74) is 7.73. The van der Waals surface area contributed by atoms with Gasteiger partial charge in [0.1, 0.15) is 22.9 Å². The Balaban J connectivity index is 1.65. The van der Waals surface area contributed by atoms with Gasteiger partial charge < -0.3 is 15.0 Å². The van der Waals surface area contributed by atoms with Crippen LogP contribution >= 0.6 is 0 Å². The van der Waals surface area contributed by atoms with E-state index in [9.17, 15) is 9.18 Å². The fourth-order valence-corrected chi connectivity index (χ4v) is 3.04. The minimum absolute atomic E-state index is 0.0876. The molecule has 0 aliphatic carbocycles. The third-order valence-electron chi connectivity index (χ3n) is 4.62. The van der Waals surface area contributed by atoms with Crippen molar-refractivity contribution < 1.29 is 18.4 Å². The van der Waals surface area contributed by atoms with E-state index in [4.69, 9.17) is 15.0 Å².